The van der Waals surface area contributed by atoms with Crippen molar-refractivity contribution in [3.8, 4) is 5.75 Å². The summed E-state index contributed by atoms with van der Waals surface area (Å²) in [6, 6.07) is 13.1. The van der Waals surface area contributed by atoms with Crippen LogP contribution in [0.4, 0.5) is 5.69 Å². The molecule has 0 saturated carbocycles. The van der Waals surface area contributed by atoms with Gasteiger partial charge in [0.1, 0.15) is 5.75 Å². The number of nitrogens with one attached hydrogen (secondary N) is 1. The van der Waals surface area contributed by atoms with Crippen LogP contribution in [0.1, 0.15) is 41.8 Å². The number of carbonyl (C=O) groups is 2. The molecule has 1 N–H and O–H groups in total. The Hall–Kier alpha value is -2.82. The fourth-order valence-corrected chi connectivity index (χ4v) is 3.33. The molecule has 27 heavy (non-hydrogen) atoms. The van der Waals surface area contributed by atoms with E-state index in [1.165, 1.54) is 5.56 Å². The largest absolute Gasteiger partial charge is 0.497 e. The van der Waals surface area contributed by atoms with Crippen molar-refractivity contribution in [2.45, 2.75) is 33.2 Å². The average Bonchev–Trinajstić information content (AvgIpc) is 3.09. The summed E-state index contributed by atoms with van der Waals surface area (Å²) in [6.45, 7) is 5.30. The van der Waals surface area contributed by atoms with Gasteiger partial charge >= 0.3 is 0 Å². The number of anilines is 1. The van der Waals surface area contributed by atoms with Crippen molar-refractivity contribution in [1.29, 1.82) is 0 Å². The van der Waals surface area contributed by atoms with Gasteiger partial charge in [0.15, 0.2) is 0 Å². The molecule has 0 aromatic heterocycles. The van der Waals surface area contributed by atoms with Gasteiger partial charge < -0.3 is 15.0 Å². The van der Waals surface area contributed by atoms with Crippen molar-refractivity contribution >= 4 is 17.5 Å². The Morgan fingerprint density at radius 2 is 2.00 bits per heavy atom. The molecule has 0 spiro atoms. The van der Waals surface area contributed by atoms with Crippen LogP contribution < -0.4 is 15.0 Å². The molecule has 1 aliphatic heterocycles. The van der Waals surface area contributed by atoms with Crippen molar-refractivity contribution in [2.24, 2.45) is 5.92 Å². The normalized spacial score (nSPS) is 12.8. The van der Waals surface area contributed by atoms with Crippen molar-refractivity contribution < 1.29 is 14.3 Å². The van der Waals surface area contributed by atoms with Crippen molar-refractivity contribution in [1.82, 2.24) is 5.32 Å². The maximum absolute atomic E-state index is 12.4. The summed E-state index contributed by atoms with van der Waals surface area (Å²) in [6.07, 6.45) is 1.43. The second-order valence-corrected chi connectivity index (χ2v) is 7.27. The minimum atomic E-state index is -0.136. The Labute approximate surface area is 160 Å². The van der Waals surface area contributed by atoms with E-state index in [0.29, 0.717) is 30.2 Å². The zero-order chi connectivity index (χ0) is 19.4. The van der Waals surface area contributed by atoms with E-state index < -0.39 is 0 Å². The first kappa shape index (κ1) is 19.0. The van der Waals surface area contributed by atoms with E-state index >= 15 is 0 Å². The average molecular weight is 366 g/mol. The lowest BCUT2D eigenvalue weighted by molar-refractivity contribution is -0.119. The second-order valence-electron chi connectivity index (χ2n) is 7.27. The molecule has 0 fully saturated rings. The summed E-state index contributed by atoms with van der Waals surface area (Å²) in [4.78, 5) is 26.6. The molecule has 1 aliphatic rings. The lowest BCUT2D eigenvalue weighted by Gasteiger charge is -2.18. The smallest absolute Gasteiger partial charge is 0.251 e. The number of methoxy groups -OCH3 is 1. The first-order valence-corrected chi connectivity index (χ1v) is 9.32. The van der Waals surface area contributed by atoms with Crippen LogP contribution in [0, 0.1) is 5.92 Å². The third-order valence-electron chi connectivity index (χ3n) is 4.71. The Morgan fingerprint density at radius 1 is 1.19 bits per heavy atom. The number of ether oxygens (including phenoxy) is 1. The number of hydrogen-bond acceptors (Lipinski definition) is 3. The predicted molar refractivity (Wildman–Crippen MR) is 106 cm³/mol. The molecule has 2 aromatic rings. The Bertz CT molecular complexity index is 845. The van der Waals surface area contributed by atoms with Gasteiger partial charge in [0.05, 0.1) is 7.11 Å². The molecule has 0 atom stereocenters. The summed E-state index contributed by atoms with van der Waals surface area (Å²) in [5, 5.41) is 2.94. The van der Waals surface area contributed by atoms with Gasteiger partial charge in [-0.25, -0.2) is 0 Å². The van der Waals surface area contributed by atoms with Crippen LogP contribution in [0.3, 0.4) is 0 Å². The van der Waals surface area contributed by atoms with E-state index in [2.05, 4.69) is 25.2 Å². The molecule has 0 unspecified atom stereocenters. The highest BCUT2D eigenvalue weighted by atomic mass is 16.5. The highest BCUT2D eigenvalue weighted by Gasteiger charge is 2.25. The van der Waals surface area contributed by atoms with Crippen molar-refractivity contribution in [2.75, 3.05) is 18.6 Å². The van der Waals surface area contributed by atoms with E-state index in [0.717, 1.165) is 24.2 Å². The molecule has 142 valence electrons. The number of amides is 2. The molecule has 0 radical (unpaired) electrons. The van der Waals surface area contributed by atoms with Crippen molar-refractivity contribution in [3.63, 3.8) is 0 Å². The molecule has 5 heteroatoms. The van der Waals surface area contributed by atoms with Gasteiger partial charge in [-0.15, -0.1) is 0 Å². The molecule has 3 rings (SSSR count). The van der Waals surface area contributed by atoms with Crippen LogP contribution in [-0.2, 0) is 17.8 Å². The summed E-state index contributed by atoms with van der Waals surface area (Å²) in [7, 11) is 1.58. The number of benzene rings is 2. The van der Waals surface area contributed by atoms with Crippen LogP contribution in [0.2, 0.25) is 0 Å². The predicted octanol–water partition coefficient (Wildman–Crippen LogP) is 3.56. The monoisotopic (exact) mass is 366 g/mol. The zero-order valence-electron chi connectivity index (χ0n) is 16.1. The standard InChI is InChI=1S/C22H26N2O3/c1-15(2)11-21(25)24-10-9-17-12-16(7-8-20(17)24)14-23-22(26)18-5-4-6-19(13-18)27-3/h4-8,12-13,15H,9-11,14H2,1-3H3,(H,23,26). The molecule has 2 aromatic carbocycles. The number of hydrogen-bond donors (Lipinski definition) is 1. The fraction of sp³-hybridized carbons (Fsp3) is 0.364. The number of carbonyl (C=O) groups excluding carboxylic acids is 2. The van der Waals surface area contributed by atoms with Gasteiger partial charge in [-0.3, -0.25) is 9.59 Å². The molecule has 0 aliphatic carbocycles. The molecular formula is C22H26N2O3. The molecule has 2 amide bonds. The van der Waals surface area contributed by atoms with E-state index in [-0.39, 0.29) is 11.8 Å². The number of fused-ring (bicyclic) bond motifs is 1. The topological polar surface area (TPSA) is 58.6 Å². The van der Waals surface area contributed by atoms with E-state index in [1.807, 2.05) is 23.1 Å². The molecule has 0 saturated heterocycles. The van der Waals surface area contributed by atoms with Crippen LogP contribution in [-0.4, -0.2) is 25.5 Å². The number of nitrogens with zero attached hydrogens (tertiary/aromatic N) is 1. The third kappa shape index (κ3) is 4.48. The van der Waals surface area contributed by atoms with Gasteiger partial charge in [0.2, 0.25) is 5.91 Å². The van der Waals surface area contributed by atoms with Crippen LogP contribution in [0.25, 0.3) is 0 Å². The van der Waals surface area contributed by atoms with Gasteiger partial charge in [0, 0.05) is 30.8 Å². The second kappa shape index (κ2) is 8.25. The van der Waals surface area contributed by atoms with Crippen molar-refractivity contribution in [3.05, 3.63) is 59.2 Å². The van der Waals surface area contributed by atoms with Crippen LogP contribution in [0.5, 0.6) is 5.75 Å². The lowest BCUT2D eigenvalue weighted by Crippen LogP contribution is -2.29. The summed E-state index contributed by atoms with van der Waals surface area (Å²) in [5.41, 5.74) is 3.77. The Kier molecular flexibility index (Phi) is 5.79. The van der Waals surface area contributed by atoms with Gasteiger partial charge in [-0.1, -0.05) is 32.0 Å². The quantitative estimate of drug-likeness (QED) is 0.850. The summed E-state index contributed by atoms with van der Waals surface area (Å²) in [5.74, 6) is 1.06. The minimum absolute atomic E-state index is 0.136. The molecular weight excluding hydrogens is 340 g/mol. The van der Waals surface area contributed by atoms with Crippen LogP contribution >= 0.6 is 0 Å². The first-order chi connectivity index (χ1) is 13.0. The molecule has 5 nitrogen and oxygen atoms in total. The van der Waals surface area contributed by atoms with E-state index in [9.17, 15) is 9.59 Å². The fourth-order valence-electron chi connectivity index (χ4n) is 3.33. The maximum Gasteiger partial charge on any atom is 0.251 e. The van der Waals surface area contributed by atoms with E-state index in [4.69, 9.17) is 4.74 Å². The highest BCUT2D eigenvalue weighted by Crippen LogP contribution is 2.30. The lowest BCUT2D eigenvalue weighted by atomic mass is 10.1. The van der Waals surface area contributed by atoms with Gasteiger partial charge in [0.25, 0.3) is 5.91 Å². The third-order valence-corrected chi connectivity index (χ3v) is 4.71. The Balaban J connectivity index is 1.64. The SMILES string of the molecule is COc1cccc(C(=O)NCc2ccc3c(c2)CCN3C(=O)CC(C)C)c1. The minimum Gasteiger partial charge on any atom is -0.497 e. The summed E-state index contributed by atoms with van der Waals surface area (Å²) < 4.78 is 5.16. The van der Waals surface area contributed by atoms with E-state index in [1.54, 1.807) is 25.3 Å². The molecule has 1 heterocycles. The Morgan fingerprint density at radius 3 is 2.74 bits per heavy atom. The maximum atomic E-state index is 12.4. The first-order valence-electron chi connectivity index (χ1n) is 9.32. The zero-order valence-corrected chi connectivity index (χ0v) is 16.1. The number of rotatable bonds is 6. The van der Waals surface area contributed by atoms with Gasteiger partial charge in [-0.05, 0) is 47.7 Å². The highest BCUT2D eigenvalue weighted by molar-refractivity contribution is 5.96. The van der Waals surface area contributed by atoms with Crippen LogP contribution in [0.15, 0.2) is 42.5 Å². The summed E-state index contributed by atoms with van der Waals surface area (Å²) >= 11 is 0. The van der Waals surface area contributed by atoms with Gasteiger partial charge in [-0.2, -0.15) is 0 Å². The molecule has 0 bridgehead atoms.